The number of nitrogens with zero attached hydrogens (tertiary/aromatic N) is 1. The summed E-state index contributed by atoms with van der Waals surface area (Å²) in [6.07, 6.45) is 7.73. The third kappa shape index (κ3) is 2.42. The quantitative estimate of drug-likeness (QED) is 0.821. The highest BCUT2D eigenvalue weighted by Crippen LogP contribution is 2.45. The highest BCUT2D eigenvalue weighted by molar-refractivity contribution is 5.86. The molecule has 0 N–H and O–H groups in total. The van der Waals surface area contributed by atoms with Gasteiger partial charge in [-0.3, -0.25) is 4.79 Å². The molecular formula is C18H25NO. The molecule has 1 aliphatic heterocycles. The first-order valence-electron chi connectivity index (χ1n) is 8.00. The number of hydrogen-bond donors (Lipinski definition) is 0. The fraction of sp³-hybridized carbons (Fsp3) is 0.611. The fourth-order valence-corrected chi connectivity index (χ4v) is 4.27. The van der Waals surface area contributed by atoms with Gasteiger partial charge in [0.2, 0.25) is 0 Å². The maximum atomic E-state index is 12.7. The minimum absolute atomic E-state index is 0.0545. The Labute approximate surface area is 122 Å². The molecular weight excluding hydrogens is 246 g/mol. The second kappa shape index (κ2) is 5.69. The number of carbonyl (C=O) groups is 1. The van der Waals surface area contributed by atoms with Crippen molar-refractivity contribution in [2.45, 2.75) is 51.0 Å². The van der Waals surface area contributed by atoms with Gasteiger partial charge in [-0.1, -0.05) is 49.6 Å². The number of ketones is 1. The van der Waals surface area contributed by atoms with Crippen LogP contribution in [0, 0.1) is 5.41 Å². The van der Waals surface area contributed by atoms with Gasteiger partial charge >= 0.3 is 0 Å². The van der Waals surface area contributed by atoms with Crippen LogP contribution in [0.3, 0.4) is 0 Å². The number of benzene rings is 1. The maximum Gasteiger partial charge on any atom is 0.141 e. The summed E-state index contributed by atoms with van der Waals surface area (Å²) in [4.78, 5) is 15.1. The first-order valence-corrected chi connectivity index (χ1v) is 8.00. The van der Waals surface area contributed by atoms with Crippen molar-refractivity contribution in [3.8, 4) is 0 Å². The van der Waals surface area contributed by atoms with Crippen LogP contribution in [-0.4, -0.2) is 30.3 Å². The fourth-order valence-electron chi connectivity index (χ4n) is 4.27. The second-order valence-corrected chi connectivity index (χ2v) is 6.58. The Morgan fingerprint density at radius 1 is 1.15 bits per heavy atom. The van der Waals surface area contributed by atoms with Crippen molar-refractivity contribution >= 4 is 5.78 Å². The summed E-state index contributed by atoms with van der Waals surface area (Å²) >= 11 is 0. The molecule has 1 saturated heterocycles. The number of hydrogen-bond acceptors (Lipinski definition) is 2. The van der Waals surface area contributed by atoms with E-state index in [-0.39, 0.29) is 5.41 Å². The minimum Gasteiger partial charge on any atom is -0.302 e. The van der Waals surface area contributed by atoms with E-state index in [9.17, 15) is 4.79 Å². The SMILES string of the molecule is CN1CCC(=O)C2(CCCCC2)C1Cc1ccccc1. The van der Waals surface area contributed by atoms with E-state index in [4.69, 9.17) is 0 Å². The van der Waals surface area contributed by atoms with Crippen molar-refractivity contribution in [3.05, 3.63) is 35.9 Å². The average Bonchev–Trinajstić information content (AvgIpc) is 2.50. The maximum absolute atomic E-state index is 12.7. The highest BCUT2D eigenvalue weighted by atomic mass is 16.1. The van der Waals surface area contributed by atoms with Crippen molar-refractivity contribution < 1.29 is 4.79 Å². The topological polar surface area (TPSA) is 20.3 Å². The molecule has 1 aromatic rings. The molecule has 2 heteroatoms. The normalized spacial score (nSPS) is 26.9. The molecule has 0 radical (unpaired) electrons. The first kappa shape index (κ1) is 13.8. The van der Waals surface area contributed by atoms with Crippen LogP contribution in [0.2, 0.25) is 0 Å². The van der Waals surface area contributed by atoms with Crippen LogP contribution in [-0.2, 0) is 11.2 Å². The lowest BCUT2D eigenvalue weighted by atomic mass is 9.62. The minimum atomic E-state index is -0.0545. The molecule has 0 bridgehead atoms. The van der Waals surface area contributed by atoms with Gasteiger partial charge in [0.15, 0.2) is 0 Å². The van der Waals surface area contributed by atoms with Crippen LogP contribution in [0.4, 0.5) is 0 Å². The van der Waals surface area contributed by atoms with Crippen LogP contribution in [0.25, 0.3) is 0 Å². The van der Waals surface area contributed by atoms with Crippen molar-refractivity contribution in [2.24, 2.45) is 5.41 Å². The Hall–Kier alpha value is -1.15. The molecule has 2 aliphatic rings. The van der Waals surface area contributed by atoms with E-state index in [1.54, 1.807) is 0 Å². The Kier molecular flexibility index (Phi) is 3.93. The van der Waals surface area contributed by atoms with Gasteiger partial charge in [-0.2, -0.15) is 0 Å². The van der Waals surface area contributed by atoms with Gasteiger partial charge < -0.3 is 4.90 Å². The van der Waals surface area contributed by atoms with Gasteiger partial charge in [-0.05, 0) is 31.9 Å². The van der Waals surface area contributed by atoms with Crippen LogP contribution < -0.4 is 0 Å². The van der Waals surface area contributed by atoms with Crippen LogP contribution in [0.1, 0.15) is 44.1 Å². The zero-order valence-electron chi connectivity index (χ0n) is 12.5. The van der Waals surface area contributed by atoms with Crippen LogP contribution in [0.15, 0.2) is 30.3 Å². The van der Waals surface area contributed by atoms with E-state index in [1.165, 1.54) is 24.8 Å². The monoisotopic (exact) mass is 271 g/mol. The standard InChI is InChI=1S/C18H25NO/c1-19-13-10-17(20)18(11-6-3-7-12-18)16(19)14-15-8-4-2-5-9-15/h2,4-5,8-9,16H,3,6-7,10-14H2,1H3. The number of likely N-dealkylation sites (tertiary alicyclic amines) is 1. The third-order valence-electron chi connectivity index (χ3n) is 5.43. The van der Waals surface area contributed by atoms with Gasteiger partial charge in [-0.15, -0.1) is 0 Å². The number of likely N-dealkylation sites (N-methyl/N-ethyl adjacent to an activating group) is 1. The molecule has 1 spiro atoms. The molecule has 1 atom stereocenters. The molecule has 1 saturated carbocycles. The summed E-state index contributed by atoms with van der Waals surface area (Å²) in [5, 5.41) is 0. The summed E-state index contributed by atoms with van der Waals surface area (Å²) in [7, 11) is 2.20. The number of piperidine rings is 1. The summed E-state index contributed by atoms with van der Waals surface area (Å²) in [5.74, 6) is 0.538. The van der Waals surface area contributed by atoms with E-state index >= 15 is 0 Å². The summed E-state index contributed by atoms with van der Waals surface area (Å²) in [6, 6.07) is 11.1. The van der Waals surface area contributed by atoms with Crippen LogP contribution >= 0.6 is 0 Å². The first-order chi connectivity index (χ1) is 9.72. The Bertz CT molecular complexity index is 462. The summed E-state index contributed by atoms with van der Waals surface area (Å²) in [5.41, 5.74) is 1.31. The van der Waals surface area contributed by atoms with Gasteiger partial charge in [-0.25, -0.2) is 0 Å². The molecule has 0 amide bonds. The summed E-state index contributed by atoms with van der Waals surface area (Å²) in [6.45, 7) is 0.929. The molecule has 2 nitrogen and oxygen atoms in total. The molecule has 3 rings (SSSR count). The molecule has 1 aliphatic carbocycles. The van der Waals surface area contributed by atoms with Gasteiger partial charge in [0.1, 0.15) is 5.78 Å². The highest BCUT2D eigenvalue weighted by Gasteiger charge is 2.49. The largest absolute Gasteiger partial charge is 0.302 e. The number of rotatable bonds is 2. The van der Waals surface area contributed by atoms with E-state index in [1.807, 2.05) is 0 Å². The Balaban J connectivity index is 1.88. The van der Waals surface area contributed by atoms with Gasteiger partial charge in [0.05, 0.1) is 0 Å². The lowest BCUT2D eigenvalue weighted by Crippen LogP contribution is -2.57. The average molecular weight is 271 g/mol. The number of Topliss-reactive ketones (excluding diaryl/α,β-unsaturated/α-hetero) is 1. The molecule has 1 unspecified atom stereocenters. The van der Waals surface area contributed by atoms with Crippen LogP contribution in [0.5, 0.6) is 0 Å². The van der Waals surface area contributed by atoms with Gasteiger partial charge in [0, 0.05) is 24.4 Å². The van der Waals surface area contributed by atoms with E-state index in [0.29, 0.717) is 11.8 Å². The predicted molar refractivity (Wildman–Crippen MR) is 81.7 cm³/mol. The third-order valence-corrected chi connectivity index (χ3v) is 5.43. The zero-order valence-corrected chi connectivity index (χ0v) is 12.5. The number of carbonyl (C=O) groups excluding carboxylic acids is 1. The lowest BCUT2D eigenvalue weighted by Gasteiger charge is -2.50. The smallest absolute Gasteiger partial charge is 0.141 e. The van der Waals surface area contributed by atoms with Crippen molar-refractivity contribution in [1.29, 1.82) is 0 Å². The molecule has 2 fully saturated rings. The van der Waals surface area contributed by atoms with Crippen molar-refractivity contribution in [2.75, 3.05) is 13.6 Å². The molecule has 20 heavy (non-hydrogen) atoms. The second-order valence-electron chi connectivity index (χ2n) is 6.58. The van der Waals surface area contributed by atoms with Crippen molar-refractivity contribution in [3.63, 3.8) is 0 Å². The molecule has 1 heterocycles. The molecule has 0 aromatic heterocycles. The predicted octanol–water partition coefficient (Wildman–Crippen LogP) is 3.45. The van der Waals surface area contributed by atoms with E-state index in [0.717, 1.165) is 32.2 Å². The lowest BCUT2D eigenvalue weighted by molar-refractivity contribution is -0.141. The molecule has 108 valence electrons. The summed E-state index contributed by atoms with van der Waals surface area (Å²) < 4.78 is 0. The van der Waals surface area contributed by atoms with E-state index in [2.05, 4.69) is 42.3 Å². The van der Waals surface area contributed by atoms with Gasteiger partial charge in [0.25, 0.3) is 0 Å². The molecule has 1 aromatic carbocycles. The Morgan fingerprint density at radius 3 is 2.55 bits per heavy atom. The van der Waals surface area contributed by atoms with E-state index < -0.39 is 0 Å². The Morgan fingerprint density at radius 2 is 1.85 bits per heavy atom. The van der Waals surface area contributed by atoms with Crippen molar-refractivity contribution in [1.82, 2.24) is 4.90 Å². The zero-order chi connectivity index (χ0) is 14.0.